The van der Waals surface area contributed by atoms with Crippen LogP contribution in [0.5, 0.6) is 0 Å². The molecule has 0 radical (unpaired) electrons. The number of nitrogens with zero attached hydrogens (tertiary/aromatic N) is 2. The fourth-order valence-electron chi connectivity index (χ4n) is 4.50. The molecule has 3 aliphatic heterocycles. The summed E-state index contributed by atoms with van der Waals surface area (Å²) in [6.07, 6.45) is 4.29. The first kappa shape index (κ1) is 18.8. The van der Waals surface area contributed by atoms with E-state index in [1.165, 1.54) is 0 Å². The van der Waals surface area contributed by atoms with Crippen molar-refractivity contribution in [1.82, 2.24) is 9.88 Å². The van der Waals surface area contributed by atoms with E-state index in [4.69, 9.17) is 14.2 Å². The molecule has 1 amide bonds. The molecular weight excluding hydrogens is 344 g/mol. The van der Waals surface area contributed by atoms with Crippen molar-refractivity contribution in [2.75, 3.05) is 46.1 Å². The third-order valence-electron chi connectivity index (χ3n) is 6.22. The van der Waals surface area contributed by atoms with Gasteiger partial charge < -0.3 is 19.1 Å². The summed E-state index contributed by atoms with van der Waals surface area (Å²) in [5, 5.41) is 0. The molecule has 1 atom stereocenters. The fraction of sp³-hybridized carbons (Fsp3) is 0.714. The van der Waals surface area contributed by atoms with Gasteiger partial charge in [0, 0.05) is 38.7 Å². The Morgan fingerprint density at radius 3 is 2.85 bits per heavy atom. The van der Waals surface area contributed by atoms with Crippen LogP contribution >= 0.6 is 0 Å². The van der Waals surface area contributed by atoms with E-state index in [0.717, 1.165) is 64.4 Å². The summed E-state index contributed by atoms with van der Waals surface area (Å²) in [4.78, 5) is 18.9. The number of aryl methyl sites for hydroxylation is 1. The monoisotopic (exact) mass is 374 g/mol. The summed E-state index contributed by atoms with van der Waals surface area (Å²) in [5.74, 6) is 1.13. The summed E-state index contributed by atoms with van der Waals surface area (Å²) in [5.41, 5.74) is 1.23. The van der Waals surface area contributed by atoms with Crippen LogP contribution in [0.15, 0.2) is 18.2 Å². The van der Waals surface area contributed by atoms with Crippen molar-refractivity contribution >= 4 is 5.91 Å². The van der Waals surface area contributed by atoms with Gasteiger partial charge in [-0.1, -0.05) is 6.07 Å². The van der Waals surface area contributed by atoms with E-state index < -0.39 is 0 Å². The van der Waals surface area contributed by atoms with Crippen molar-refractivity contribution in [1.29, 1.82) is 0 Å². The normalized spacial score (nSPS) is 24.9. The number of carbonyl (C=O) groups excluding carboxylic acids is 1. The number of amides is 1. The molecule has 3 aliphatic rings. The highest BCUT2D eigenvalue weighted by molar-refractivity contribution is 5.93. The predicted molar refractivity (Wildman–Crippen MR) is 101 cm³/mol. The molecule has 1 spiro atoms. The summed E-state index contributed by atoms with van der Waals surface area (Å²) < 4.78 is 17.4. The van der Waals surface area contributed by atoms with Crippen LogP contribution in [-0.2, 0) is 14.2 Å². The van der Waals surface area contributed by atoms with Crippen molar-refractivity contribution in [3.8, 4) is 0 Å². The molecule has 1 aromatic rings. The number of hydrogen-bond donors (Lipinski definition) is 0. The van der Waals surface area contributed by atoms with Crippen molar-refractivity contribution in [2.24, 2.45) is 11.8 Å². The van der Waals surface area contributed by atoms with Gasteiger partial charge in [0.15, 0.2) is 0 Å². The zero-order valence-electron chi connectivity index (χ0n) is 16.2. The number of aromatic nitrogens is 1. The van der Waals surface area contributed by atoms with Gasteiger partial charge in [0.2, 0.25) is 0 Å². The summed E-state index contributed by atoms with van der Waals surface area (Å²) in [7, 11) is 0. The molecule has 3 fully saturated rings. The van der Waals surface area contributed by atoms with E-state index in [2.05, 4.69) is 4.98 Å². The van der Waals surface area contributed by atoms with E-state index in [1.54, 1.807) is 6.07 Å². The SMILES string of the molecule is Cc1cccc(C(=O)N2CC3(C2)OCC[C@@H]3CCOCC2CCOCC2)n1. The van der Waals surface area contributed by atoms with Crippen LogP contribution < -0.4 is 0 Å². The first-order chi connectivity index (χ1) is 13.2. The second-order valence-electron chi connectivity index (χ2n) is 8.14. The molecule has 148 valence electrons. The number of hydrogen-bond acceptors (Lipinski definition) is 5. The van der Waals surface area contributed by atoms with Gasteiger partial charge in [-0.05, 0) is 56.6 Å². The van der Waals surface area contributed by atoms with E-state index in [1.807, 2.05) is 24.0 Å². The number of carbonyl (C=O) groups is 1. The molecule has 4 heterocycles. The maximum absolute atomic E-state index is 12.6. The van der Waals surface area contributed by atoms with Gasteiger partial charge in [0.1, 0.15) is 11.3 Å². The summed E-state index contributed by atoms with van der Waals surface area (Å²) >= 11 is 0. The second-order valence-corrected chi connectivity index (χ2v) is 8.14. The molecule has 6 heteroatoms. The Balaban J connectivity index is 1.23. The molecule has 0 N–H and O–H groups in total. The van der Waals surface area contributed by atoms with Crippen LogP contribution in [0, 0.1) is 18.8 Å². The number of likely N-dealkylation sites (tertiary alicyclic amines) is 1. The Kier molecular flexibility index (Phi) is 5.76. The number of rotatable bonds is 6. The van der Waals surface area contributed by atoms with Gasteiger partial charge in [0.05, 0.1) is 13.1 Å². The average Bonchev–Trinajstić information content (AvgIpc) is 3.08. The zero-order valence-corrected chi connectivity index (χ0v) is 16.2. The Bertz CT molecular complexity index is 653. The largest absolute Gasteiger partial charge is 0.381 e. The molecule has 4 rings (SSSR count). The van der Waals surface area contributed by atoms with Crippen LogP contribution in [0.2, 0.25) is 0 Å². The zero-order chi connectivity index (χ0) is 18.7. The topological polar surface area (TPSA) is 60.9 Å². The Labute approximate surface area is 161 Å². The lowest BCUT2D eigenvalue weighted by atomic mass is 9.79. The first-order valence-corrected chi connectivity index (χ1v) is 10.2. The molecule has 0 aliphatic carbocycles. The van der Waals surface area contributed by atoms with Gasteiger partial charge >= 0.3 is 0 Å². The highest BCUT2D eigenvalue weighted by Gasteiger charge is 2.54. The molecule has 6 nitrogen and oxygen atoms in total. The highest BCUT2D eigenvalue weighted by atomic mass is 16.5. The maximum Gasteiger partial charge on any atom is 0.272 e. The Morgan fingerprint density at radius 1 is 1.26 bits per heavy atom. The van der Waals surface area contributed by atoms with Crippen molar-refractivity contribution in [2.45, 2.75) is 38.2 Å². The van der Waals surface area contributed by atoms with Gasteiger partial charge in [-0.2, -0.15) is 0 Å². The average molecular weight is 374 g/mol. The van der Waals surface area contributed by atoms with E-state index in [-0.39, 0.29) is 11.5 Å². The first-order valence-electron chi connectivity index (χ1n) is 10.2. The van der Waals surface area contributed by atoms with E-state index in [0.29, 0.717) is 30.6 Å². The lowest BCUT2D eigenvalue weighted by molar-refractivity contribution is -0.121. The lowest BCUT2D eigenvalue weighted by Gasteiger charge is -2.50. The minimum atomic E-state index is -0.165. The molecule has 0 aromatic carbocycles. The minimum absolute atomic E-state index is 0.00865. The predicted octanol–water partition coefficient (Wildman–Crippen LogP) is 2.45. The van der Waals surface area contributed by atoms with Crippen LogP contribution in [-0.4, -0.2) is 67.5 Å². The number of ether oxygens (including phenoxy) is 3. The second kappa shape index (κ2) is 8.25. The van der Waals surface area contributed by atoms with Crippen LogP contribution in [0.4, 0.5) is 0 Å². The molecule has 1 aromatic heterocycles. The van der Waals surface area contributed by atoms with Gasteiger partial charge in [-0.25, -0.2) is 4.98 Å². The van der Waals surface area contributed by atoms with Crippen LogP contribution in [0.1, 0.15) is 41.9 Å². The van der Waals surface area contributed by atoms with E-state index >= 15 is 0 Å². The molecule has 0 bridgehead atoms. The van der Waals surface area contributed by atoms with Crippen LogP contribution in [0.25, 0.3) is 0 Å². The van der Waals surface area contributed by atoms with Gasteiger partial charge in [-0.3, -0.25) is 4.79 Å². The standard InChI is InChI=1S/C21H30N2O4/c1-16-3-2-4-19(22-16)20(24)23-14-21(15-23)18(8-12-27-21)7-11-26-13-17-5-9-25-10-6-17/h2-4,17-18H,5-15H2,1H3/t18-/m0/s1. The molecular formula is C21H30N2O4. The highest BCUT2D eigenvalue weighted by Crippen LogP contribution is 2.42. The molecule has 0 saturated carbocycles. The Hall–Kier alpha value is -1.50. The third-order valence-corrected chi connectivity index (χ3v) is 6.22. The van der Waals surface area contributed by atoms with Crippen molar-refractivity contribution in [3.63, 3.8) is 0 Å². The van der Waals surface area contributed by atoms with E-state index in [9.17, 15) is 4.79 Å². The molecule has 0 unspecified atom stereocenters. The smallest absolute Gasteiger partial charge is 0.272 e. The van der Waals surface area contributed by atoms with Crippen molar-refractivity contribution < 1.29 is 19.0 Å². The minimum Gasteiger partial charge on any atom is -0.381 e. The molecule has 27 heavy (non-hydrogen) atoms. The van der Waals surface area contributed by atoms with Crippen molar-refractivity contribution in [3.05, 3.63) is 29.6 Å². The quantitative estimate of drug-likeness (QED) is 0.716. The third kappa shape index (κ3) is 4.18. The fourth-order valence-corrected chi connectivity index (χ4v) is 4.50. The maximum atomic E-state index is 12.6. The number of pyridine rings is 1. The lowest BCUT2D eigenvalue weighted by Crippen LogP contribution is -2.66. The van der Waals surface area contributed by atoms with Gasteiger partial charge in [0.25, 0.3) is 5.91 Å². The van der Waals surface area contributed by atoms with Gasteiger partial charge in [-0.15, -0.1) is 0 Å². The Morgan fingerprint density at radius 2 is 2.07 bits per heavy atom. The van der Waals surface area contributed by atoms with Crippen LogP contribution in [0.3, 0.4) is 0 Å². The molecule has 3 saturated heterocycles. The summed E-state index contributed by atoms with van der Waals surface area (Å²) in [6.45, 7) is 7.40. The summed E-state index contributed by atoms with van der Waals surface area (Å²) in [6, 6.07) is 5.58.